The van der Waals surface area contributed by atoms with E-state index < -0.39 is 10.0 Å². The van der Waals surface area contributed by atoms with Crippen LogP contribution in [-0.2, 0) is 14.8 Å². The van der Waals surface area contributed by atoms with Gasteiger partial charge in [-0.05, 0) is 56.8 Å². The normalized spacial score (nSPS) is 27.2. The highest BCUT2D eigenvalue weighted by atomic mass is 32.2. The summed E-state index contributed by atoms with van der Waals surface area (Å²) in [7, 11) is -3.59. The van der Waals surface area contributed by atoms with Crippen LogP contribution in [0.1, 0.15) is 44.1 Å². The number of nitrogens with one attached hydrogen (secondary N) is 3. The van der Waals surface area contributed by atoms with E-state index >= 15 is 0 Å². The maximum absolute atomic E-state index is 12.7. The minimum Gasteiger partial charge on any atom is -0.350 e. The Morgan fingerprint density at radius 2 is 1.88 bits per heavy atom. The highest BCUT2D eigenvalue weighted by Crippen LogP contribution is 2.22. The summed E-state index contributed by atoms with van der Waals surface area (Å²) in [5.41, 5.74) is 0.906. The fraction of sp³-hybridized carbons (Fsp3) is 0.611. The van der Waals surface area contributed by atoms with Crippen molar-refractivity contribution in [1.29, 1.82) is 0 Å². The number of hydrogen-bond donors (Lipinski definition) is 3. The van der Waals surface area contributed by atoms with Crippen LogP contribution in [0.15, 0.2) is 29.2 Å². The van der Waals surface area contributed by atoms with E-state index in [1.807, 2.05) is 13.0 Å². The van der Waals surface area contributed by atoms with Crippen LogP contribution < -0.4 is 15.4 Å². The third-order valence-electron chi connectivity index (χ3n) is 5.08. The van der Waals surface area contributed by atoms with E-state index in [1.165, 1.54) is 0 Å². The fourth-order valence-electron chi connectivity index (χ4n) is 3.69. The van der Waals surface area contributed by atoms with Gasteiger partial charge in [-0.1, -0.05) is 25.0 Å². The Morgan fingerprint density at radius 3 is 2.56 bits per heavy atom. The van der Waals surface area contributed by atoms with Crippen molar-refractivity contribution in [1.82, 2.24) is 15.4 Å². The molecule has 3 atom stereocenters. The molecule has 1 heterocycles. The Morgan fingerprint density at radius 1 is 1.12 bits per heavy atom. The molecular weight excluding hydrogens is 338 g/mol. The molecule has 0 bridgehead atoms. The molecule has 6 nitrogen and oxygen atoms in total. The van der Waals surface area contributed by atoms with Crippen molar-refractivity contribution in [2.45, 2.75) is 68.5 Å². The minimum atomic E-state index is -3.59. The van der Waals surface area contributed by atoms with Gasteiger partial charge in [0.05, 0.1) is 10.9 Å². The summed E-state index contributed by atoms with van der Waals surface area (Å²) in [5, 5.41) is 6.26. The van der Waals surface area contributed by atoms with E-state index in [9.17, 15) is 13.2 Å². The maximum Gasteiger partial charge on any atom is 0.240 e. The first-order chi connectivity index (χ1) is 12.0. The number of aryl methyl sites for hydroxylation is 1. The summed E-state index contributed by atoms with van der Waals surface area (Å²) in [4.78, 5) is 12.7. The zero-order chi connectivity index (χ0) is 17.9. The summed E-state index contributed by atoms with van der Waals surface area (Å²) in [5.74, 6) is -0.0100. The van der Waals surface area contributed by atoms with Crippen molar-refractivity contribution in [2.24, 2.45) is 0 Å². The number of rotatable bonds is 5. The largest absolute Gasteiger partial charge is 0.350 e. The molecule has 1 aliphatic heterocycles. The standard InChI is InChI=1S/C18H27N3O3S/c1-13-6-4-7-14(12-13)25(23,24)21-16-9-3-2-8-15(16)20-18(22)17-10-5-11-19-17/h4,6-7,12,15-17,19,21H,2-3,5,8-11H2,1H3,(H,20,22)/t15?,16-,17-/m1/s1. The smallest absolute Gasteiger partial charge is 0.240 e. The monoisotopic (exact) mass is 365 g/mol. The van der Waals surface area contributed by atoms with Gasteiger partial charge in [-0.2, -0.15) is 0 Å². The molecule has 7 heteroatoms. The highest BCUT2D eigenvalue weighted by Gasteiger charge is 2.32. The zero-order valence-corrected chi connectivity index (χ0v) is 15.4. The SMILES string of the molecule is Cc1cccc(S(=O)(=O)N[C@@H]2CCCCC2NC(=O)[C@H]2CCCN2)c1. The van der Waals surface area contributed by atoms with Gasteiger partial charge in [0.2, 0.25) is 15.9 Å². The van der Waals surface area contributed by atoms with Gasteiger partial charge in [0.25, 0.3) is 0 Å². The van der Waals surface area contributed by atoms with Crippen LogP contribution in [-0.4, -0.2) is 39.0 Å². The van der Waals surface area contributed by atoms with E-state index in [-0.39, 0.29) is 28.9 Å². The Kier molecular flexibility index (Phi) is 5.76. The Balaban J connectivity index is 1.69. The lowest BCUT2D eigenvalue weighted by Gasteiger charge is -2.33. The first-order valence-corrected chi connectivity index (χ1v) is 10.6. The van der Waals surface area contributed by atoms with E-state index in [4.69, 9.17) is 0 Å². The van der Waals surface area contributed by atoms with Gasteiger partial charge in [0.15, 0.2) is 0 Å². The fourth-order valence-corrected chi connectivity index (χ4v) is 5.10. The lowest BCUT2D eigenvalue weighted by Crippen LogP contribution is -2.55. The van der Waals surface area contributed by atoms with Gasteiger partial charge >= 0.3 is 0 Å². The van der Waals surface area contributed by atoms with Crippen LogP contribution in [0.3, 0.4) is 0 Å². The first-order valence-electron chi connectivity index (χ1n) is 9.08. The van der Waals surface area contributed by atoms with E-state index in [1.54, 1.807) is 18.2 Å². The molecular formula is C18H27N3O3S. The van der Waals surface area contributed by atoms with Crippen molar-refractivity contribution in [3.05, 3.63) is 29.8 Å². The molecule has 1 saturated heterocycles. The van der Waals surface area contributed by atoms with Crippen LogP contribution in [0.25, 0.3) is 0 Å². The Labute approximate surface area is 149 Å². The second-order valence-corrected chi connectivity index (χ2v) is 8.81. The first kappa shape index (κ1) is 18.4. The molecule has 1 saturated carbocycles. The lowest BCUT2D eigenvalue weighted by atomic mass is 9.91. The number of hydrogen-bond acceptors (Lipinski definition) is 4. The van der Waals surface area contributed by atoms with Crippen molar-refractivity contribution < 1.29 is 13.2 Å². The lowest BCUT2D eigenvalue weighted by molar-refractivity contribution is -0.123. The summed E-state index contributed by atoms with van der Waals surface area (Å²) in [6.45, 7) is 2.74. The van der Waals surface area contributed by atoms with E-state index in [0.717, 1.165) is 50.6 Å². The maximum atomic E-state index is 12.7. The molecule has 2 fully saturated rings. The Bertz CT molecular complexity index is 714. The predicted molar refractivity (Wildman–Crippen MR) is 96.7 cm³/mol. The van der Waals surface area contributed by atoms with Crippen LogP contribution in [0.4, 0.5) is 0 Å². The molecule has 2 aliphatic rings. The molecule has 1 aliphatic carbocycles. The summed E-state index contributed by atoms with van der Waals surface area (Å²) < 4.78 is 28.2. The zero-order valence-electron chi connectivity index (χ0n) is 14.6. The van der Waals surface area contributed by atoms with Crippen LogP contribution in [0, 0.1) is 6.92 Å². The molecule has 3 N–H and O–H groups in total. The van der Waals surface area contributed by atoms with Gasteiger partial charge in [0, 0.05) is 12.1 Å². The number of carbonyl (C=O) groups is 1. The third kappa shape index (κ3) is 4.59. The topological polar surface area (TPSA) is 87.3 Å². The van der Waals surface area contributed by atoms with Crippen LogP contribution in [0.5, 0.6) is 0 Å². The molecule has 3 rings (SSSR count). The van der Waals surface area contributed by atoms with E-state index in [0.29, 0.717) is 0 Å². The molecule has 1 unspecified atom stereocenters. The second-order valence-electron chi connectivity index (χ2n) is 7.09. The predicted octanol–water partition coefficient (Wildman–Crippen LogP) is 1.45. The summed E-state index contributed by atoms with van der Waals surface area (Å²) in [6, 6.07) is 6.34. The van der Waals surface area contributed by atoms with Gasteiger partial charge in [-0.3, -0.25) is 4.79 Å². The van der Waals surface area contributed by atoms with Gasteiger partial charge in [-0.15, -0.1) is 0 Å². The van der Waals surface area contributed by atoms with Crippen molar-refractivity contribution >= 4 is 15.9 Å². The van der Waals surface area contributed by atoms with E-state index in [2.05, 4.69) is 15.4 Å². The quantitative estimate of drug-likeness (QED) is 0.737. The molecule has 1 amide bonds. The van der Waals surface area contributed by atoms with Gasteiger partial charge in [-0.25, -0.2) is 13.1 Å². The molecule has 0 aromatic heterocycles. The minimum absolute atomic E-state index is 0.0100. The molecule has 0 radical (unpaired) electrons. The summed E-state index contributed by atoms with van der Waals surface area (Å²) >= 11 is 0. The second kappa shape index (κ2) is 7.85. The average molecular weight is 365 g/mol. The number of sulfonamides is 1. The molecule has 1 aromatic carbocycles. The van der Waals surface area contributed by atoms with Crippen molar-refractivity contribution in [2.75, 3.05) is 6.54 Å². The molecule has 0 spiro atoms. The summed E-state index contributed by atoms with van der Waals surface area (Å²) in [6.07, 6.45) is 5.37. The third-order valence-corrected chi connectivity index (χ3v) is 6.56. The van der Waals surface area contributed by atoms with Gasteiger partial charge in [0.1, 0.15) is 0 Å². The highest BCUT2D eigenvalue weighted by molar-refractivity contribution is 7.89. The Hall–Kier alpha value is -1.44. The number of carbonyl (C=O) groups excluding carboxylic acids is 1. The van der Waals surface area contributed by atoms with Crippen LogP contribution in [0.2, 0.25) is 0 Å². The molecule has 25 heavy (non-hydrogen) atoms. The number of benzene rings is 1. The molecule has 1 aromatic rings. The number of amides is 1. The van der Waals surface area contributed by atoms with Crippen molar-refractivity contribution in [3.63, 3.8) is 0 Å². The van der Waals surface area contributed by atoms with Crippen molar-refractivity contribution in [3.8, 4) is 0 Å². The van der Waals surface area contributed by atoms with Crippen LogP contribution >= 0.6 is 0 Å². The average Bonchev–Trinajstić information content (AvgIpc) is 3.11. The molecule has 138 valence electrons. The van der Waals surface area contributed by atoms with Gasteiger partial charge < -0.3 is 10.6 Å².